The summed E-state index contributed by atoms with van der Waals surface area (Å²) in [6, 6.07) is 5.25. The molecule has 4 N–H and O–H groups in total. The molecule has 210 valence electrons. The summed E-state index contributed by atoms with van der Waals surface area (Å²) in [5.74, 6) is 0.361. The summed E-state index contributed by atoms with van der Waals surface area (Å²) < 4.78 is 11.4. The number of hydrogen-bond donors (Lipinski definition) is 4. The number of amidine groups is 1. The van der Waals surface area contributed by atoms with Gasteiger partial charge in [0.2, 0.25) is 0 Å². The number of ether oxygens (including phenoxy) is 2. The fourth-order valence-corrected chi connectivity index (χ4v) is 4.99. The third-order valence-corrected chi connectivity index (χ3v) is 7.05. The maximum absolute atomic E-state index is 13.7. The Hall–Kier alpha value is -3.70. The molecule has 1 fully saturated rings. The topological polar surface area (TPSA) is 148 Å². The molecule has 0 spiro atoms. The van der Waals surface area contributed by atoms with Gasteiger partial charge in [-0.05, 0) is 30.5 Å². The Morgan fingerprint density at radius 3 is 2.41 bits per heavy atom. The van der Waals surface area contributed by atoms with Gasteiger partial charge in [0.1, 0.15) is 17.3 Å². The smallest absolute Gasteiger partial charge is 0.273 e. The highest BCUT2D eigenvalue weighted by Crippen LogP contribution is 2.41. The number of methoxy groups -OCH3 is 1. The van der Waals surface area contributed by atoms with Crippen LogP contribution in [0.1, 0.15) is 65.4 Å². The molecule has 3 heterocycles. The van der Waals surface area contributed by atoms with Crippen molar-refractivity contribution in [2.24, 2.45) is 0 Å². The lowest BCUT2D eigenvalue weighted by atomic mass is 9.84. The number of amides is 1. The van der Waals surface area contributed by atoms with Crippen molar-refractivity contribution < 1.29 is 29.3 Å². The van der Waals surface area contributed by atoms with Gasteiger partial charge in [-0.3, -0.25) is 15.0 Å². The van der Waals surface area contributed by atoms with E-state index in [1.54, 1.807) is 24.1 Å². The van der Waals surface area contributed by atoms with E-state index in [4.69, 9.17) is 14.9 Å². The number of pyridine rings is 1. The molecule has 11 nitrogen and oxygen atoms in total. The minimum absolute atomic E-state index is 0.0575. The van der Waals surface area contributed by atoms with E-state index in [-0.39, 0.29) is 48.9 Å². The molecule has 2 aliphatic rings. The number of Topliss-reactive ketones (excluding diaryl/α,β-unsaturated/α-hetero) is 1. The summed E-state index contributed by atoms with van der Waals surface area (Å²) in [5.41, 5.74) is 2.66. The molecule has 11 heteroatoms. The van der Waals surface area contributed by atoms with Crippen molar-refractivity contribution in [2.75, 3.05) is 45.3 Å². The predicted octanol–water partition coefficient (Wildman–Crippen LogP) is 1.71. The molecule has 1 aromatic heterocycles. The maximum Gasteiger partial charge on any atom is 0.273 e. The van der Waals surface area contributed by atoms with Crippen molar-refractivity contribution in [1.82, 2.24) is 15.2 Å². The fourth-order valence-electron chi connectivity index (χ4n) is 4.99. The second-order valence-electron chi connectivity index (χ2n) is 10.8. The van der Waals surface area contributed by atoms with Gasteiger partial charge in [-0.2, -0.15) is 0 Å². The van der Waals surface area contributed by atoms with Crippen LogP contribution in [0, 0.1) is 5.41 Å². The Balaban J connectivity index is 1.66. The highest BCUT2D eigenvalue weighted by atomic mass is 16.5. The van der Waals surface area contributed by atoms with Gasteiger partial charge in [0.15, 0.2) is 17.2 Å². The standard InChI is InChI=1S/C28H37N5O6/c1-7-39-22-10-16-11-33(26(29)23(16)31-24(22)27(37)30-5)12-19(34)15-8-17(28(2,3)4)25(38-6)18(9-15)32-13-20(35)21(36)14-32/h8-10,20-21,29,35-36H,7,11-14H2,1-6H3,(H,30,37). The molecule has 1 saturated heterocycles. The van der Waals surface area contributed by atoms with E-state index < -0.39 is 18.1 Å². The van der Waals surface area contributed by atoms with E-state index in [9.17, 15) is 19.8 Å². The molecule has 2 aromatic rings. The van der Waals surface area contributed by atoms with E-state index in [0.29, 0.717) is 40.6 Å². The van der Waals surface area contributed by atoms with Crippen molar-refractivity contribution in [3.63, 3.8) is 0 Å². The number of aliphatic hydroxyl groups is 2. The lowest BCUT2D eigenvalue weighted by Gasteiger charge is -2.29. The van der Waals surface area contributed by atoms with Gasteiger partial charge in [0.05, 0.1) is 38.2 Å². The zero-order chi connectivity index (χ0) is 28.6. The van der Waals surface area contributed by atoms with Gasteiger partial charge in [-0.25, -0.2) is 4.98 Å². The van der Waals surface area contributed by atoms with Crippen LogP contribution in [0.2, 0.25) is 0 Å². The third kappa shape index (κ3) is 5.41. The Kier molecular flexibility index (Phi) is 7.85. The quantitative estimate of drug-likeness (QED) is 0.368. The number of nitrogens with zero attached hydrogens (tertiary/aromatic N) is 3. The molecule has 0 radical (unpaired) electrons. The van der Waals surface area contributed by atoms with Crippen LogP contribution in [0.5, 0.6) is 11.5 Å². The number of fused-ring (bicyclic) bond motifs is 1. The number of benzene rings is 1. The minimum Gasteiger partial charge on any atom is -0.494 e. The fraction of sp³-hybridized carbons (Fsp3) is 0.500. The number of carbonyl (C=O) groups is 2. The number of hydrogen-bond acceptors (Lipinski definition) is 9. The Morgan fingerprint density at radius 2 is 1.85 bits per heavy atom. The number of ketones is 1. The van der Waals surface area contributed by atoms with Gasteiger partial charge in [-0.15, -0.1) is 0 Å². The van der Waals surface area contributed by atoms with E-state index >= 15 is 0 Å². The SMILES string of the molecule is CCOc1cc2c(nc1C(=O)NC)C(=N)N(CC(=O)c1cc(N3CC(O)C(O)C3)c(OC)c(C(C)(C)C)c1)C2. The van der Waals surface area contributed by atoms with Crippen molar-refractivity contribution in [3.8, 4) is 11.5 Å². The molecular weight excluding hydrogens is 502 g/mol. The van der Waals surface area contributed by atoms with Crippen molar-refractivity contribution in [3.05, 3.63) is 46.3 Å². The second kappa shape index (κ2) is 10.8. The van der Waals surface area contributed by atoms with Crippen LogP contribution < -0.4 is 19.7 Å². The number of aromatic nitrogens is 1. The summed E-state index contributed by atoms with van der Waals surface area (Å²) in [4.78, 5) is 33.9. The predicted molar refractivity (Wildman–Crippen MR) is 146 cm³/mol. The van der Waals surface area contributed by atoms with Crippen LogP contribution in [-0.2, 0) is 12.0 Å². The van der Waals surface area contributed by atoms with Gasteiger partial charge in [0.25, 0.3) is 5.91 Å². The monoisotopic (exact) mass is 539 g/mol. The number of anilines is 1. The van der Waals surface area contributed by atoms with Crippen LogP contribution in [0.4, 0.5) is 5.69 Å². The Bertz CT molecular complexity index is 1290. The third-order valence-electron chi connectivity index (χ3n) is 7.05. The molecule has 0 bridgehead atoms. The van der Waals surface area contributed by atoms with E-state index in [0.717, 1.165) is 5.56 Å². The van der Waals surface area contributed by atoms with E-state index in [1.165, 1.54) is 7.05 Å². The molecule has 4 rings (SSSR count). The maximum atomic E-state index is 13.7. The molecule has 2 unspecified atom stereocenters. The number of carbonyl (C=O) groups excluding carboxylic acids is 2. The average molecular weight is 540 g/mol. The number of β-amino-alcohol motifs (C(OH)–C–C–N with tert-alkyl or cyclic N) is 2. The molecular formula is C28H37N5O6. The first-order chi connectivity index (χ1) is 18.4. The van der Waals surface area contributed by atoms with Crippen LogP contribution in [0.25, 0.3) is 0 Å². The lowest BCUT2D eigenvalue weighted by Crippen LogP contribution is -2.31. The second-order valence-corrected chi connectivity index (χ2v) is 10.8. The van der Waals surface area contributed by atoms with Gasteiger partial charge < -0.3 is 34.8 Å². The first-order valence-electron chi connectivity index (χ1n) is 13.0. The lowest BCUT2D eigenvalue weighted by molar-refractivity contribution is 0.0572. The highest BCUT2D eigenvalue weighted by molar-refractivity contribution is 6.06. The molecule has 39 heavy (non-hydrogen) atoms. The van der Waals surface area contributed by atoms with Crippen molar-refractivity contribution >= 4 is 23.2 Å². The Morgan fingerprint density at radius 1 is 1.18 bits per heavy atom. The normalized spacial score (nSPS) is 18.8. The summed E-state index contributed by atoms with van der Waals surface area (Å²) in [6.07, 6.45) is -1.80. The molecule has 0 aliphatic carbocycles. The van der Waals surface area contributed by atoms with Crippen LogP contribution in [-0.4, -0.2) is 90.2 Å². The van der Waals surface area contributed by atoms with Crippen LogP contribution >= 0.6 is 0 Å². The van der Waals surface area contributed by atoms with Gasteiger partial charge in [0, 0.05) is 43.4 Å². The van der Waals surface area contributed by atoms with E-state index in [1.807, 2.05) is 38.7 Å². The number of aliphatic hydroxyl groups excluding tert-OH is 2. The van der Waals surface area contributed by atoms with Crippen LogP contribution in [0.3, 0.4) is 0 Å². The zero-order valence-corrected chi connectivity index (χ0v) is 23.3. The Labute approximate surface area is 228 Å². The summed E-state index contributed by atoms with van der Waals surface area (Å²) in [5, 5.41) is 31.6. The summed E-state index contributed by atoms with van der Waals surface area (Å²) in [6.45, 7) is 8.87. The number of nitrogens with one attached hydrogen (secondary N) is 2. The van der Waals surface area contributed by atoms with Crippen LogP contribution in [0.15, 0.2) is 18.2 Å². The summed E-state index contributed by atoms with van der Waals surface area (Å²) in [7, 11) is 3.07. The van der Waals surface area contributed by atoms with Crippen molar-refractivity contribution in [2.45, 2.75) is 51.9 Å². The molecule has 0 saturated carbocycles. The molecule has 2 atom stereocenters. The minimum atomic E-state index is -0.899. The largest absolute Gasteiger partial charge is 0.494 e. The molecule has 1 amide bonds. The summed E-state index contributed by atoms with van der Waals surface area (Å²) >= 11 is 0. The molecule has 2 aliphatic heterocycles. The van der Waals surface area contributed by atoms with Gasteiger partial charge in [-0.1, -0.05) is 20.8 Å². The first-order valence-corrected chi connectivity index (χ1v) is 13.0. The van der Waals surface area contributed by atoms with Gasteiger partial charge >= 0.3 is 0 Å². The molecule has 1 aromatic carbocycles. The highest BCUT2D eigenvalue weighted by Gasteiger charge is 2.35. The number of rotatable bonds is 8. The van der Waals surface area contributed by atoms with E-state index in [2.05, 4.69) is 10.3 Å². The van der Waals surface area contributed by atoms with Crippen molar-refractivity contribution in [1.29, 1.82) is 5.41 Å². The average Bonchev–Trinajstić information content (AvgIpc) is 3.38. The zero-order valence-electron chi connectivity index (χ0n) is 23.3. The first kappa shape index (κ1) is 28.3.